The van der Waals surface area contributed by atoms with Crippen molar-refractivity contribution in [2.24, 2.45) is 0 Å². The molecule has 1 heterocycles. The summed E-state index contributed by atoms with van der Waals surface area (Å²) in [5, 5.41) is 0. The molecule has 0 aliphatic rings. The van der Waals surface area contributed by atoms with Crippen LogP contribution in [0, 0.1) is 0 Å². The van der Waals surface area contributed by atoms with Crippen molar-refractivity contribution < 1.29 is 13.5 Å². The summed E-state index contributed by atoms with van der Waals surface area (Å²) in [6.45, 7) is 0. The van der Waals surface area contributed by atoms with Crippen molar-refractivity contribution in [2.45, 2.75) is 6.43 Å². The maximum absolute atomic E-state index is 12.3. The molecule has 13 heavy (non-hydrogen) atoms. The van der Waals surface area contributed by atoms with E-state index in [0.717, 1.165) is 6.07 Å². The van der Waals surface area contributed by atoms with E-state index in [-0.39, 0.29) is 21.7 Å². The summed E-state index contributed by atoms with van der Waals surface area (Å²) >= 11 is 2.88. The Bertz CT molecular complexity index is 320. The van der Waals surface area contributed by atoms with Crippen LogP contribution in [0.3, 0.4) is 0 Å². The van der Waals surface area contributed by atoms with E-state index in [0.29, 0.717) is 0 Å². The monoisotopic (exact) mass is 252 g/mol. The first-order valence-electron chi connectivity index (χ1n) is 3.34. The standard InChI is InChI=1S/C7H7BrF2N2O/c1-13-4-2-3(6(9)10)5(8)12-7(4)11/h2,6H,1H3,(H2,11,12). The van der Waals surface area contributed by atoms with Crippen LogP contribution < -0.4 is 10.5 Å². The Hall–Kier alpha value is -0.910. The van der Waals surface area contributed by atoms with E-state index in [1.807, 2.05) is 0 Å². The predicted octanol–water partition coefficient (Wildman–Crippen LogP) is 2.37. The van der Waals surface area contributed by atoms with E-state index in [9.17, 15) is 8.78 Å². The second kappa shape index (κ2) is 3.87. The van der Waals surface area contributed by atoms with Gasteiger partial charge in [0.05, 0.1) is 12.7 Å². The predicted molar refractivity (Wildman–Crippen MR) is 47.9 cm³/mol. The second-order valence-corrected chi connectivity index (χ2v) is 3.01. The van der Waals surface area contributed by atoms with Gasteiger partial charge in [-0.15, -0.1) is 0 Å². The molecule has 0 aliphatic heterocycles. The molecule has 3 nitrogen and oxygen atoms in total. The van der Waals surface area contributed by atoms with E-state index < -0.39 is 6.43 Å². The summed E-state index contributed by atoms with van der Waals surface area (Å²) in [4.78, 5) is 3.66. The van der Waals surface area contributed by atoms with Crippen LogP contribution in [0.4, 0.5) is 14.6 Å². The molecule has 0 fully saturated rings. The fourth-order valence-corrected chi connectivity index (χ4v) is 1.30. The molecule has 1 aromatic heterocycles. The number of ether oxygens (including phenoxy) is 1. The number of pyridine rings is 1. The third kappa shape index (κ3) is 2.06. The molecular formula is C7H7BrF2N2O. The maximum atomic E-state index is 12.3. The third-order valence-corrected chi connectivity index (χ3v) is 2.09. The largest absolute Gasteiger partial charge is 0.493 e. The smallest absolute Gasteiger partial charge is 0.266 e. The quantitative estimate of drug-likeness (QED) is 0.823. The van der Waals surface area contributed by atoms with Gasteiger partial charge in [-0.1, -0.05) is 0 Å². The normalized spacial score (nSPS) is 10.5. The van der Waals surface area contributed by atoms with Crippen LogP contribution >= 0.6 is 15.9 Å². The van der Waals surface area contributed by atoms with Gasteiger partial charge in [-0.3, -0.25) is 0 Å². The Morgan fingerprint density at radius 2 is 2.23 bits per heavy atom. The molecule has 6 heteroatoms. The molecule has 1 aromatic rings. The van der Waals surface area contributed by atoms with Gasteiger partial charge in [0.2, 0.25) is 0 Å². The number of anilines is 1. The van der Waals surface area contributed by atoms with Gasteiger partial charge in [-0.25, -0.2) is 13.8 Å². The Labute approximate surface area is 82.0 Å². The Balaban J connectivity index is 3.22. The average molecular weight is 253 g/mol. The van der Waals surface area contributed by atoms with Gasteiger partial charge in [0, 0.05) is 0 Å². The zero-order valence-corrected chi connectivity index (χ0v) is 8.31. The van der Waals surface area contributed by atoms with Crippen molar-refractivity contribution in [3.63, 3.8) is 0 Å². The van der Waals surface area contributed by atoms with E-state index in [2.05, 4.69) is 20.9 Å². The number of nitrogens with two attached hydrogens (primary N) is 1. The minimum atomic E-state index is -2.60. The maximum Gasteiger partial charge on any atom is 0.266 e. The summed E-state index contributed by atoms with van der Waals surface area (Å²) in [7, 11) is 1.34. The van der Waals surface area contributed by atoms with Gasteiger partial charge in [0.25, 0.3) is 6.43 Å². The minimum Gasteiger partial charge on any atom is -0.493 e. The lowest BCUT2D eigenvalue weighted by Crippen LogP contribution is -1.99. The van der Waals surface area contributed by atoms with Crippen molar-refractivity contribution in [3.05, 3.63) is 16.2 Å². The molecule has 1 rings (SSSR count). The lowest BCUT2D eigenvalue weighted by Gasteiger charge is -2.07. The lowest BCUT2D eigenvalue weighted by molar-refractivity contribution is 0.149. The van der Waals surface area contributed by atoms with Crippen LogP contribution in [0.1, 0.15) is 12.0 Å². The highest BCUT2D eigenvalue weighted by atomic mass is 79.9. The summed E-state index contributed by atoms with van der Waals surface area (Å²) in [6.07, 6.45) is -2.60. The number of aromatic nitrogens is 1. The zero-order valence-electron chi connectivity index (χ0n) is 6.72. The molecule has 0 bridgehead atoms. The van der Waals surface area contributed by atoms with Crippen LogP contribution in [-0.4, -0.2) is 12.1 Å². The van der Waals surface area contributed by atoms with Crippen molar-refractivity contribution in [2.75, 3.05) is 12.8 Å². The number of hydrogen-bond acceptors (Lipinski definition) is 3. The number of alkyl halides is 2. The van der Waals surface area contributed by atoms with Crippen molar-refractivity contribution >= 4 is 21.7 Å². The number of rotatable bonds is 2. The van der Waals surface area contributed by atoms with Gasteiger partial charge >= 0.3 is 0 Å². The van der Waals surface area contributed by atoms with E-state index in [1.54, 1.807) is 0 Å². The number of hydrogen-bond donors (Lipinski definition) is 1. The summed E-state index contributed by atoms with van der Waals surface area (Å²) in [6, 6.07) is 1.16. The fraction of sp³-hybridized carbons (Fsp3) is 0.286. The average Bonchev–Trinajstić information content (AvgIpc) is 2.03. The summed E-state index contributed by atoms with van der Waals surface area (Å²) < 4.78 is 29.4. The molecule has 2 N–H and O–H groups in total. The van der Waals surface area contributed by atoms with Gasteiger partial charge in [0.1, 0.15) is 4.60 Å². The van der Waals surface area contributed by atoms with E-state index in [4.69, 9.17) is 10.5 Å². The summed E-state index contributed by atoms with van der Waals surface area (Å²) in [5.41, 5.74) is 5.16. The first-order valence-corrected chi connectivity index (χ1v) is 4.13. The van der Waals surface area contributed by atoms with Gasteiger partial charge in [0.15, 0.2) is 11.6 Å². The van der Waals surface area contributed by atoms with Crippen molar-refractivity contribution in [1.82, 2.24) is 4.98 Å². The molecule has 72 valence electrons. The Kier molecular flexibility index (Phi) is 3.02. The number of halogens is 3. The van der Waals surface area contributed by atoms with Crippen LogP contribution in [0.25, 0.3) is 0 Å². The highest BCUT2D eigenvalue weighted by molar-refractivity contribution is 9.10. The topological polar surface area (TPSA) is 48.1 Å². The molecule has 0 atom stereocenters. The molecule has 0 spiro atoms. The summed E-state index contributed by atoms with van der Waals surface area (Å²) in [5.74, 6) is 0.234. The van der Waals surface area contributed by atoms with E-state index >= 15 is 0 Å². The van der Waals surface area contributed by atoms with Gasteiger partial charge in [-0.2, -0.15) is 0 Å². The van der Waals surface area contributed by atoms with Crippen LogP contribution in [0.15, 0.2) is 10.7 Å². The highest BCUT2D eigenvalue weighted by Gasteiger charge is 2.15. The molecule has 0 radical (unpaired) electrons. The Morgan fingerprint density at radius 3 is 2.69 bits per heavy atom. The molecule has 0 saturated heterocycles. The number of methoxy groups -OCH3 is 1. The number of nitrogen functional groups attached to an aromatic ring is 1. The molecule has 0 amide bonds. The van der Waals surface area contributed by atoms with E-state index in [1.165, 1.54) is 7.11 Å². The minimum absolute atomic E-state index is 0.0424. The molecule has 0 unspecified atom stereocenters. The van der Waals surface area contributed by atoms with Gasteiger partial charge < -0.3 is 10.5 Å². The van der Waals surface area contributed by atoms with Crippen molar-refractivity contribution in [3.8, 4) is 5.75 Å². The number of nitrogens with zero attached hydrogens (tertiary/aromatic N) is 1. The second-order valence-electron chi connectivity index (χ2n) is 2.26. The van der Waals surface area contributed by atoms with Crippen molar-refractivity contribution in [1.29, 1.82) is 0 Å². The SMILES string of the molecule is COc1cc(C(F)F)c(Br)nc1N. The first-order chi connectivity index (χ1) is 6.06. The lowest BCUT2D eigenvalue weighted by atomic mass is 10.3. The molecule has 0 saturated carbocycles. The third-order valence-electron chi connectivity index (χ3n) is 1.45. The molecule has 0 aliphatic carbocycles. The Morgan fingerprint density at radius 1 is 1.62 bits per heavy atom. The zero-order chi connectivity index (χ0) is 10.0. The van der Waals surface area contributed by atoms with Crippen LogP contribution in [-0.2, 0) is 0 Å². The molecular weight excluding hydrogens is 246 g/mol. The van der Waals surface area contributed by atoms with Crippen LogP contribution in [0.5, 0.6) is 5.75 Å². The van der Waals surface area contributed by atoms with Crippen LogP contribution in [0.2, 0.25) is 0 Å². The van der Waals surface area contributed by atoms with Gasteiger partial charge in [-0.05, 0) is 22.0 Å². The molecule has 0 aromatic carbocycles. The fourth-order valence-electron chi connectivity index (χ4n) is 0.817. The highest BCUT2D eigenvalue weighted by Crippen LogP contribution is 2.31. The first kappa shape index (κ1) is 10.2.